The molecule has 0 radical (unpaired) electrons. The molecule has 2 amide bonds. The molecule has 162 valence electrons. The average Bonchev–Trinajstić information content (AvgIpc) is 2.99. The van der Waals surface area contributed by atoms with Gasteiger partial charge in [-0.15, -0.1) is 11.8 Å². The van der Waals surface area contributed by atoms with Crippen molar-refractivity contribution < 1.29 is 14.7 Å². The van der Waals surface area contributed by atoms with Crippen molar-refractivity contribution in [2.75, 3.05) is 16.8 Å². The number of rotatable bonds is 5. The van der Waals surface area contributed by atoms with E-state index in [-0.39, 0.29) is 23.7 Å². The van der Waals surface area contributed by atoms with Crippen molar-refractivity contribution in [2.24, 2.45) is 0 Å². The average molecular weight is 445 g/mol. The third-order valence-corrected chi connectivity index (χ3v) is 6.56. The Bertz CT molecular complexity index is 1160. The Morgan fingerprint density at radius 1 is 1.00 bits per heavy atom. The highest BCUT2D eigenvalue weighted by Crippen LogP contribution is 2.38. The van der Waals surface area contributed by atoms with Gasteiger partial charge in [0, 0.05) is 39.8 Å². The molecule has 0 bridgehead atoms. The summed E-state index contributed by atoms with van der Waals surface area (Å²) in [6, 6.07) is 22.1. The number of anilines is 2. The highest BCUT2D eigenvalue weighted by molar-refractivity contribution is 8.00. The van der Waals surface area contributed by atoms with Crippen molar-refractivity contribution >= 4 is 35.0 Å². The van der Waals surface area contributed by atoms with Gasteiger partial charge in [-0.1, -0.05) is 36.4 Å². The van der Waals surface area contributed by atoms with Gasteiger partial charge in [-0.05, 0) is 61.4 Å². The lowest BCUT2D eigenvalue weighted by molar-refractivity contribution is 0.0995. The second-order valence-electron chi connectivity index (χ2n) is 7.50. The topological polar surface area (TPSA) is 69.6 Å². The van der Waals surface area contributed by atoms with Gasteiger partial charge in [0.15, 0.2) is 0 Å². The molecular formula is C26H24N2O3S. The minimum Gasteiger partial charge on any atom is -0.396 e. The van der Waals surface area contributed by atoms with Crippen LogP contribution in [0.4, 0.5) is 11.4 Å². The van der Waals surface area contributed by atoms with E-state index < -0.39 is 0 Å². The Morgan fingerprint density at radius 2 is 1.72 bits per heavy atom. The molecule has 1 heterocycles. The molecule has 3 aromatic carbocycles. The summed E-state index contributed by atoms with van der Waals surface area (Å²) >= 11 is 1.64. The molecule has 32 heavy (non-hydrogen) atoms. The Balaban J connectivity index is 1.54. The number of carbonyl (C=O) groups is 2. The number of aliphatic hydroxyl groups excluding tert-OH is 1. The summed E-state index contributed by atoms with van der Waals surface area (Å²) in [6.07, 6.45) is 4.36. The molecule has 0 aromatic heterocycles. The predicted molar refractivity (Wildman–Crippen MR) is 129 cm³/mol. The number of benzene rings is 3. The standard InChI is InChI=1S/C26H24N2O3S/c1-18-6-2-3-7-22(18)25(30)27-20-12-10-19(11-13-20)26(31)28-16-14-21(15-17-29)32-24-9-5-4-8-23(24)28/h2-14,16,21,29H,15,17H2,1H3,(H,27,30). The summed E-state index contributed by atoms with van der Waals surface area (Å²) < 4.78 is 0. The fourth-order valence-corrected chi connectivity index (χ4v) is 4.68. The Hall–Kier alpha value is -3.35. The van der Waals surface area contributed by atoms with E-state index in [1.54, 1.807) is 53.2 Å². The zero-order chi connectivity index (χ0) is 22.5. The Kier molecular flexibility index (Phi) is 6.73. The molecule has 3 aromatic rings. The van der Waals surface area contributed by atoms with E-state index in [4.69, 9.17) is 0 Å². The van der Waals surface area contributed by atoms with Crippen molar-refractivity contribution in [1.29, 1.82) is 0 Å². The lowest BCUT2D eigenvalue weighted by atomic mass is 10.1. The molecule has 0 saturated heterocycles. The highest BCUT2D eigenvalue weighted by atomic mass is 32.2. The smallest absolute Gasteiger partial charge is 0.262 e. The van der Waals surface area contributed by atoms with Gasteiger partial charge in [0.1, 0.15) is 0 Å². The van der Waals surface area contributed by atoms with Crippen LogP contribution in [-0.2, 0) is 0 Å². The van der Waals surface area contributed by atoms with Crippen molar-refractivity contribution in [3.63, 3.8) is 0 Å². The number of nitrogens with zero attached hydrogens (tertiary/aromatic N) is 1. The molecule has 6 heteroatoms. The quantitative estimate of drug-likeness (QED) is 0.563. The maximum absolute atomic E-state index is 13.3. The minimum atomic E-state index is -0.182. The molecule has 0 aliphatic carbocycles. The number of para-hydroxylation sites is 1. The van der Waals surface area contributed by atoms with Gasteiger partial charge in [0.25, 0.3) is 11.8 Å². The molecule has 0 fully saturated rings. The molecule has 1 aliphatic rings. The van der Waals surface area contributed by atoms with Gasteiger partial charge in [-0.3, -0.25) is 14.5 Å². The van der Waals surface area contributed by atoms with Gasteiger partial charge < -0.3 is 10.4 Å². The third kappa shape index (κ3) is 4.77. The summed E-state index contributed by atoms with van der Waals surface area (Å²) in [5.74, 6) is -0.339. The van der Waals surface area contributed by atoms with Gasteiger partial charge in [-0.25, -0.2) is 0 Å². The highest BCUT2D eigenvalue weighted by Gasteiger charge is 2.23. The maximum Gasteiger partial charge on any atom is 0.262 e. The van der Waals surface area contributed by atoms with Crippen LogP contribution in [-0.4, -0.2) is 28.8 Å². The number of aliphatic hydroxyl groups is 1. The number of amides is 2. The van der Waals surface area contributed by atoms with Gasteiger partial charge in [0.05, 0.1) is 5.69 Å². The first-order valence-corrected chi connectivity index (χ1v) is 11.3. The van der Waals surface area contributed by atoms with E-state index in [1.807, 2.05) is 55.5 Å². The number of hydrogen-bond acceptors (Lipinski definition) is 4. The number of carbonyl (C=O) groups excluding carboxylic acids is 2. The SMILES string of the molecule is Cc1ccccc1C(=O)Nc1ccc(C(=O)N2C=CC(CCO)Sc3ccccc32)cc1. The van der Waals surface area contributed by atoms with E-state index in [2.05, 4.69) is 5.32 Å². The van der Waals surface area contributed by atoms with Crippen LogP contribution in [0.15, 0.2) is 90.0 Å². The summed E-state index contributed by atoms with van der Waals surface area (Å²) in [7, 11) is 0. The zero-order valence-corrected chi connectivity index (χ0v) is 18.5. The number of nitrogens with one attached hydrogen (secondary N) is 1. The number of thioether (sulfide) groups is 1. The van der Waals surface area contributed by atoms with Crippen LogP contribution in [0.5, 0.6) is 0 Å². The van der Waals surface area contributed by atoms with Crippen LogP contribution in [0.25, 0.3) is 0 Å². The molecule has 4 rings (SSSR count). The number of hydrogen-bond donors (Lipinski definition) is 2. The van der Waals surface area contributed by atoms with Crippen molar-refractivity contribution in [1.82, 2.24) is 0 Å². The fourth-order valence-electron chi connectivity index (χ4n) is 3.54. The molecular weight excluding hydrogens is 420 g/mol. The van der Waals surface area contributed by atoms with Gasteiger partial charge in [-0.2, -0.15) is 0 Å². The van der Waals surface area contributed by atoms with Gasteiger partial charge >= 0.3 is 0 Å². The second kappa shape index (κ2) is 9.85. The molecule has 1 atom stereocenters. The van der Waals surface area contributed by atoms with E-state index >= 15 is 0 Å². The zero-order valence-electron chi connectivity index (χ0n) is 17.7. The van der Waals surface area contributed by atoms with Crippen LogP contribution in [0, 0.1) is 6.92 Å². The maximum atomic E-state index is 13.3. The number of fused-ring (bicyclic) bond motifs is 1. The van der Waals surface area contributed by atoms with Crippen LogP contribution in [0.1, 0.15) is 32.7 Å². The van der Waals surface area contributed by atoms with Crippen LogP contribution < -0.4 is 10.2 Å². The van der Waals surface area contributed by atoms with Crippen LogP contribution >= 0.6 is 11.8 Å². The molecule has 0 spiro atoms. The first kappa shape index (κ1) is 21.9. The number of aryl methyl sites for hydroxylation is 1. The molecule has 2 N–H and O–H groups in total. The monoisotopic (exact) mass is 444 g/mol. The summed E-state index contributed by atoms with van der Waals surface area (Å²) in [5, 5.41) is 12.3. The molecule has 0 saturated carbocycles. The first-order valence-electron chi connectivity index (χ1n) is 10.4. The van der Waals surface area contributed by atoms with E-state index in [9.17, 15) is 14.7 Å². The minimum absolute atomic E-state index is 0.0911. The summed E-state index contributed by atoms with van der Waals surface area (Å²) in [6.45, 7) is 1.99. The van der Waals surface area contributed by atoms with E-state index in [0.717, 1.165) is 16.1 Å². The lowest BCUT2D eigenvalue weighted by Crippen LogP contribution is -2.25. The lowest BCUT2D eigenvalue weighted by Gasteiger charge is -2.20. The molecule has 5 nitrogen and oxygen atoms in total. The second-order valence-corrected chi connectivity index (χ2v) is 8.78. The molecule has 1 unspecified atom stereocenters. The fraction of sp³-hybridized carbons (Fsp3) is 0.154. The van der Waals surface area contributed by atoms with Crippen LogP contribution in [0.2, 0.25) is 0 Å². The first-order chi connectivity index (χ1) is 15.6. The van der Waals surface area contributed by atoms with Crippen molar-refractivity contribution in [3.05, 3.63) is 102 Å². The van der Waals surface area contributed by atoms with Gasteiger partial charge in [0.2, 0.25) is 0 Å². The molecule has 1 aliphatic heterocycles. The van der Waals surface area contributed by atoms with E-state index in [0.29, 0.717) is 23.2 Å². The summed E-state index contributed by atoms with van der Waals surface area (Å²) in [5.41, 5.74) is 3.48. The van der Waals surface area contributed by atoms with Crippen LogP contribution in [0.3, 0.4) is 0 Å². The normalized spacial score (nSPS) is 15.1. The Labute approximate surface area is 191 Å². The third-order valence-electron chi connectivity index (χ3n) is 5.26. The van der Waals surface area contributed by atoms with Crippen molar-refractivity contribution in [3.8, 4) is 0 Å². The van der Waals surface area contributed by atoms with E-state index in [1.165, 1.54) is 0 Å². The predicted octanol–water partition coefficient (Wildman–Crippen LogP) is 5.26. The largest absolute Gasteiger partial charge is 0.396 e. The van der Waals surface area contributed by atoms with Crippen molar-refractivity contribution in [2.45, 2.75) is 23.5 Å². The summed E-state index contributed by atoms with van der Waals surface area (Å²) in [4.78, 5) is 28.5. The Morgan fingerprint density at radius 3 is 2.47 bits per heavy atom.